The molecular formula is C16H24N3O3S+. The summed E-state index contributed by atoms with van der Waals surface area (Å²) in [5.74, 6) is -0.0578. The monoisotopic (exact) mass is 338 g/mol. The number of rotatable bonds is 5. The van der Waals surface area contributed by atoms with Gasteiger partial charge in [0.05, 0.1) is 18.0 Å². The molecule has 0 saturated carbocycles. The molecule has 6 nitrogen and oxygen atoms in total. The molecule has 0 unspecified atom stereocenters. The van der Waals surface area contributed by atoms with Gasteiger partial charge in [0.25, 0.3) is 5.91 Å². The maximum Gasteiger partial charge on any atom is 0.279 e. The molecule has 0 aromatic heterocycles. The topological polar surface area (TPSA) is 70.9 Å². The van der Waals surface area contributed by atoms with E-state index in [4.69, 9.17) is 0 Å². The van der Waals surface area contributed by atoms with Gasteiger partial charge in [-0.3, -0.25) is 4.79 Å². The molecule has 7 heteroatoms. The Bertz CT molecular complexity index is 663. The number of nitrogens with one attached hydrogen (secondary N) is 2. The Hall–Kier alpha value is -1.44. The minimum atomic E-state index is -3.44. The van der Waals surface area contributed by atoms with E-state index < -0.39 is 10.0 Å². The van der Waals surface area contributed by atoms with Gasteiger partial charge in [-0.2, -0.15) is 4.31 Å². The number of hydrogen-bond donors (Lipinski definition) is 2. The molecule has 0 atom stereocenters. The standard InChI is InChI=1S/C16H23N3O3S/c20-16(13-18-8-1-2-9-18)17-14-6-5-7-15(12-14)23(21,22)19-10-3-4-11-19/h5-7,12H,1-4,8-11,13H2,(H,17,20)/p+1. The van der Waals surface area contributed by atoms with Crippen molar-refractivity contribution in [2.45, 2.75) is 30.6 Å². The SMILES string of the molecule is O=C(C[NH+]1CCCC1)Nc1cccc(S(=O)(=O)N2CCCC2)c1. The summed E-state index contributed by atoms with van der Waals surface area (Å²) in [6.07, 6.45) is 4.17. The highest BCUT2D eigenvalue weighted by Crippen LogP contribution is 2.22. The summed E-state index contributed by atoms with van der Waals surface area (Å²) in [6, 6.07) is 6.57. The van der Waals surface area contributed by atoms with Crippen molar-refractivity contribution >= 4 is 21.6 Å². The molecule has 2 heterocycles. The number of benzene rings is 1. The van der Waals surface area contributed by atoms with E-state index in [0.29, 0.717) is 25.3 Å². The number of quaternary nitrogens is 1. The Morgan fingerprint density at radius 2 is 1.83 bits per heavy atom. The van der Waals surface area contributed by atoms with Crippen molar-refractivity contribution in [2.75, 3.05) is 38.0 Å². The lowest BCUT2D eigenvalue weighted by molar-refractivity contribution is -0.878. The van der Waals surface area contributed by atoms with Crippen LogP contribution >= 0.6 is 0 Å². The predicted molar refractivity (Wildman–Crippen MR) is 87.9 cm³/mol. The fourth-order valence-corrected chi connectivity index (χ4v) is 4.86. The van der Waals surface area contributed by atoms with Crippen LogP contribution in [0.3, 0.4) is 0 Å². The molecule has 2 aliphatic rings. The van der Waals surface area contributed by atoms with E-state index in [-0.39, 0.29) is 10.8 Å². The molecule has 2 saturated heterocycles. The van der Waals surface area contributed by atoms with Crippen LogP contribution in [0.15, 0.2) is 29.2 Å². The molecule has 1 aromatic carbocycles. The maximum absolute atomic E-state index is 12.6. The van der Waals surface area contributed by atoms with Crippen LogP contribution in [-0.4, -0.2) is 51.4 Å². The zero-order chi connectivity index (χ0) is 16.3. The van der Waals surface area contributed by atoms with Crippen LogP contribution in [0.25, 0.3) is 0 Å². The first-order chi connectivity index (χ1) is 11.1. The summed E-state index contributed by atoms with van der Waals surface area (Å²) in [5, 5.41) is 2.83. The largest absolute Gasteiger partial charge is 0.327 e. The third kappa shape index (κ3) is 3.91. The summed E-state index contributed by atoms with van der Waals surface area (Å²) < 4.78 is 26.6. The molecule has 2 N–H and O–H groups in total. The molecule has 126 valence electrons. The highest BCUT2D eigenvalue weighted by molar-refractivity contribution is 7.89. The van der Waals surface area contributed by atoms with Crippen LogP contribution in [0.5, 0.6) is 0 Å². The van der Waals surface area contributed by atoms with Crippen molar-refractivity contribution in [3.8, 4) is 0 Å². The number of amides is 1. The number of nitrogens with zero attached hydrogens (tertiary/aromatic N) is 1. The summed E-state index contributed by atoms with van der Waals surface area (Å²) in [4.78, 5) is 13.6. The van der Waals surface area contributed by atoms with Crippen LogP contribution < -0.4 is 10.2 Å². The average molecular weight is 338 g/mol. The molecule has 0 aliphatic carbocycles. The third-order valence-electron chi connectivity index (χ3n) is 4.54. The highest BCUT2D eigenvalue weighted by atomic mass is 32.2. The highest BCUT2D eigenvalue weighted by Gasteiger charge is 2.27. The van der Waals surface area contributed by atoms with Gasteiger partial charge < -0.3 is 10.2 Å². The van der Waals surface area contributed by atoms with Crippen molar-refractivity contribution < 1.29 is 18.1 Å². The molecule has 23 heavy (non-hydrogen) atoms. The number of hydrogen-bond acceptors (Lipinski definition) is 3. The van der Waals surface area contributed by atoms with E-state index in [1.807, 2.05) is 0 Å². The van der Waals surface area contributed by atoms with E-state index in [1.165, 1.54) is 22.0 Å². The zero-order valence-corrected chi connectivity index (χ0v) is 14.1. The zero-order valence-electron chi connectivity index (χ0n) is 13.3. The molecular weight excluding hydrogens is 314 g/mol. The first-order valence-corrected chi connectivity index (χ1v) is 9.73. The molecule has 2 aliphatic heterocycles. The minimum Gasteiger partial charge on any atom is -0.327 e. The lowest BCUT2D eigenvalue weighted by Crippen LogP contribution is -3.11. The Balaban J connectivity index is 1.68. The third-order valence-corrected chi connectivity index (χ3v) is 6.44. The van der Waals surface area contributed by atoms with Gasteiger partial charge in [-0.05, 0) is 31.0 Å². The number of sulfonamides is 1. The van der Waals surface area contributed by atoms with Crippen molar-refractivity contribution in [2.24, 2.45) is 0 Å². The van der Waals surface area contributed by atoms with Gasteiger partial charge in [0.1, 0.15) is 0 Å². The van der Waals surface area contributed by atoms with Gasteiger partial charge >= 0.3 is 0 Å². The van der Waals surface area contributed by atoms with Gasteiger partial charge in [0.2, 0.25) is 10.0 Å². The van der Waals surface area contributed by atoms with Gasteiger partial charge in [0.15, 0.2) is 6.54 Å². The number of likely N-dealkylation sites (tertiary alicyclic amines) is 1. The molecule has 3 rings (SSSR count). The molecule has 0 radical (unpaired) electrons. The summed E-state index contributed by atoms with van der Waals surface area (Å²) in [7, 11) is -3.44. The van der Waals surface area contributed by atoms with E-state index in [2.05, 4.69) is 5.32 Å². The molecule has 0 bridgehead atoms. The van der Waals surface area contributed by atoms with Crippen molar-refractivity contribution in [1.82, 2.24) is 4.31 Å². The first kappa shape index (κ1) is 16.4. The number of carbonyl (C=O) groups excluding carboxylic acids is 1. The lowest BCUT2D eigenvalue weighted by Gasteiger charge is -2.16. The quantitative estimate of drug-likeness (QED) is 0.799. The van der Waals surface area contributed by atoms with Crippen LogP contribution in [0, 0.1) is 0 Å². The second-order valence-electron chi connectivity index (χ2n) is 6.32. The maximum atomic E-state index is 12.6. The summed E-state index contributed by atoms with van der Waals surface area (Å²) in [5.41, 5.74) is 0.550. The average Bonchev–Trinajstić information content (AvgIpc) is 3.20. The van der Waals surface area contributed by atoms with Gasteiger partial charge in [-0.25, -0.2) is 8.42 Å². The van der Waals surface area contributed by atoms with Gasteiger partial charge in [-0.1, -0.05) is 6.07 Å². The van der Waals surface area contributed by atoms with Crippen molar-refractivity contribution in [3.05, 3.63) is 24.3 Å². The van der Waals surface area contributed by atoms with Crippen LogP contribution in [-0.2, 0) is 14.8 Å². The fraction of sp³-hybridized carbons (Fsp3) is 0.562. The first-order valence-electron chi connectivity index (χ1n) is 8.29. The Labute approximate surface area is 137 Å². The van der Waals surface area contributed by atoms with Crippen LogP contribution in [0.4, 0.5) is 5.69 Å². The lowest BCUT2D eigenvalue weighted by atomic mass is 10.3. The molecule has 1 amide bonds. The Kier molecular flexibility index (Phi) is 4.99. The van der Waals surface area contributed by atoms with Crippen LogP contribution in [0.2, 0.25) is 0 Å². The van der Waals surface area contributed by atoms with Gasteiger partial charge in [0, 0.05) is 31.6 Å². The molecule has 0 spiro atoms. The van der Waals surface area contributed by atoms with Crippen molar-refractivity contribution in [1.29, 1.82) is 0 Å². The van der Waals surface area contributed by atoms with Crippen molar-refractivity contribution in [3.63, 3.8) is 0 Å². The minimum absolute atomic E-state index is 0.0578. The predicted octanol–water partition coefficient (Wildman–Crippen LogP) is 0.0883. The smallest absolute Gasteiger partial charge is 0.279 e. The second kappa shape index (κ2) is 6.98. The van der Waals surface area contributed by atoms with E-state index in [0.717, 1.165) is 25.9 Å². The van der Waals surface area contributed by atoms with E-state index in [9.17, 15) is 13.2 Å². The number of carbonyl (C=O) groups is 1. The fourth-order valence-electron chi connectivity index (χ4n) is 3.30. The normalized spacial score (nSPS) is 20.0. The van der Waals surface area contributed by atoms with E-state index >= 15 is 0 Å². The summed E-state index contributed by atoms with van der Waals surface area (Å²) >= 11 is 0. The van der Waals surface area contributed by atoms with E-state index in [1.54, 1.807) is 24.3 Å². The summed E-state index contributed by atoms with van der Waals surface area (Å²) in [6.45, 7) is 3.69. The second-order valence-corrected chi connectivity index (χ2v) is 8.26. The Morgan fingerprint density at radius 3 is 2.52 bits per heavy atom. The molecule has 1 aromatic rings. The van der Waals surface area contributed by atoms with Crippen LogP contribution in [0.1, 0.15) is 25.7 Å². The van der Waals surface area contributed by atoms with Gasteiger partial charge in [-0.15, -0.1) is 0 Å². The molecule has 2 fully saturated rings. The number of anilines is 1. The Morgan fingerprint density at radius 1 is 1.13 bits per heavy atom.